The zero-order valence-corrected chi connectivity index (χ0v) is 16.3. The lowest BCUT2D eigenvalue weighted by Gasteiger charge is -2.12. The number of nitrogens with zero attached hydrogens (tertiary/aromatic N) is 2. The molecule has 1 aromatic heterocycles. The normalized spacial score (nSPS) is 10.4. The molecule has 0 radical (unpaired) electrons. The Balaban J connectivity index is 1.69. The summed E-state index contributed by atoms with van der Waals surface area (Å²) in [5.41, 5.74) is 1.30. The van der Waals surface area contributed by atoms with Crippen molar-refractivity contribution in [1.29, 1.82) is 0 Å². The number of rotatable bonds is 5. The topological polar surface area (TPSA) is 51.1 Å². The quantitative estimate of drug-likeness (QED) is 0.572. The lowest BCUT2D eigenvalue weighted by atomic mass is 10.2. The fourth-order valence-electron chi connectivity index (χ4n) is 2.37. The zero-order chi connectivity index (χ0) is 18.5. The van der Waals surface area contributed by atoms with Gasteiger partial charge in [0.05, 0.1) is 23.8 Å². The van der Waals surface area contributed by atoms with E-state index in [1.807, 2.05) is 24.3 Å². The highest BCUT2D eigenvalue weighted by Crippen LogP contribution is 2.25. The molecule has 0 aliphatic heterocycles. The van der Waals surface area contributed by atoms with Gasteiger partial charge in [-0.15, -0.1) is 0 Å². The lowest BCUT2D eigenvalue weighted by Crippen LogP contribution is -2.20. The monoisotopic (exact) mass is 434 g/mol. The third-order valence-electron chi connectivity index (χ3n) is 3.59. The number of hydrogen-bond acceptors (Lipinski definition) is 3. The van der Waals surface area contributed by atoms with Gasteiger partial charge in [-0.2, -0.15) is 5.10 Å². The minimum Gasteiger partial charge on any atom is -0.495 e. The third kappa shape index (κ3) is 4.39. The van der Waals surface area contributed by atoms with Crippen LogP contribution in [0.2, 0.25) is 0 Å². The highest BCUT2D eigenvalue weighted by atomic mass is 79.9. The Labute approximate surface area is 164 Å². The average molecular weight is 435 g/mol. The molecule has 0 saturated carbocycles. The van der Waals surface area contributed by atoms with Gasteiger partial charge in [-0.3, -0.25) is 4.68 Å². The van der Waals surface area contributed by atoms with E-state index in [-0.39, 0.29) is 5.82 Å². The highest BCUT2D eigenvalue weighted by molar-refractivity contribution is 9.10. The molecule has 0 saturated heterocycles. The van der Waals surface area contributed by atoms with Crippen LogP contribution in [0.1, 0.15) is 5.56 Å². The van der Waals surface area contributed by atoms with E-state index < -0.39 is 0 Å². The third-order valence-corrected chi connectivity index (χ3v) is 4.38. The number of anilines is 2. The number of methoxy groups -OCH3 is 1. The molecule has 0 atom stereocenters. The standard InChI is InChI=1S/C18H16BrFN4OS/c1-25-16-9-5-4-8-15(16)21-18(26)22-17-13(19)11-24(23-17)10-12-6-2-3-7-14(12)20/h2-9,11H,10H2,1H3,(H2,21,22,23,26). The van der Waals surface area contributed by atoms with Crippen molar-refractivity contribution in [1.82, 2.24) is 9.78 Å². The van der Waals surface area contributed by atoms with Crippen LogP contribution in [0.15, 0.2) is 59.2 Å². The number of ether oxygens (including phenoxy) is 1. The predicted molar refractivity (Wildman–Crippen MR) is 108 cm³/mol. The molecule has 134 valence electrons. The molecule has 8 heteroatoms. The van der Waals surface area contributed by atoms with Gasteiger partial charge in [0.1, 0.15) is 11.6 Å². The maximum absolute atomic E-state index is 13.8. The van der Waals surface area contributed by atoms with Crippen molar-refractivity contribution in [2.45, 2.75) is 6.54 Å². The van der Waals surface area contributed by atoms with Gasteiger partial charge < -0.3 is 15.4 Å². The van der Waals surface area contributed by atoms with Crippen molar-refractivity contribution in [2.24, 2.45) is 0 Å². The van der Waals surface area contributed by atoms with Crippen molar-refractivity contribution in [3.8, 4) is 5.75 Å². The van der Waals surface area contributed by atoms with E-state index in [1.54, 1.807) is 36.2 Å². The molecule has 0 aliphatic rings. The van der Waals surface area contributed by atoms with Crippen molar-refractivity contribution >= 4 is 44.8 Å². The number of hydrogen-bond donors (Lipinski definition) is 2. The first-order valence-corrected chi connectivity index (χ1v) is 8.94. The molecule has 5 nitrogen and oxygen atoms in total. The molecule has 0 bridgehead atoms. The Morgan fingerprint density at radius 2 is 1.92 bits per heavy atom. The van der Waals surface area contributed by atoms with Gasteiger partial charge in [0, 0.05) is 11.8 Å². The number of aromatic nitrogens is 2. The molecule has 3 rings (SSSR count). The fraction of sp³-hybridized carbons (Fsp3) is 0.111. The first-order chi connectivity index (χ1) is 12.6. The second kappa shape index (κ2) is 8.29. The number of benzene rings is 2. The lowest BCUT2D eigenvalue weighted by molar-refractivity contribution is 0.417. The highest BCUT2D eigenvalue weighted by Gasteiger charge is 2.11. The molecule has 2 aromatic carbocycles. The zero-order valence-electron chi connectivity index (χ0n) is 13.9. The van der Waals surface area contributed by atoms with Gasteiger partial charge >= 0.3 is 0 Å². The van der Waals surface area contributed by atoms with Crippen LogP contribution < -0.4 is 15.4 Å². The largest absolute Gasteiger partial charge is 0.495 e. The summed E-state index contributed by atoms with van der Waals surface area (Å²) in [5.74, 6) is 0.955. The molecule has 2 N–H and O–H groups in total. The van der Waals surface area contributed by atoms with Crippen LogP contribution in [-0.4, -0.2) is 22.0 Å². The molecular formula is C18H16BrFN4OS. The van der Waals surface area contributed by atoms with E-state index in [2.05, 4.69) is 31.7 Å². The van der Waals surface area contributed by atoms with Crippen LogP contribution in [-0.2, 0) is 6.54 Å². The Bertz CT molecular complexity index is 931. The van der Waals surface area contributed by atoms with Gasteiger partial charge in [0.2, 0.25) is 0 Å². The van der Waals surface area contributed by atoms with Crippen LogP contribution in [0.4, 0.5) is 15.9 Å². The van der Waals surface area contributed by atoms with Gasteiger partial charge in [0.15, 0.2) is 10.9 Å². The van der Waals surface area contributed by atoms with Gasteiger partial charge in [0.25, 0.3) is 0 Å². The summed E-state index contributed by atoms with van der Waals surface area (Å²) in [6.07, 6.45) is 1.76. The molecule has 0 amide bonds. The van der Waals surface area contributed by atoms with Gasteiger partial charge in [-0.05, 0) is 46.3 Å². The Morgan fingerprint density at radius 3 is 2.69 bits per heavy atom. The molecule has 0 unspecified atom stereocenters. The number of para-hydroxylation sites is 2. The van der Waals surface area contributed by atoms with E-state index in [0.29, 0.717) is 28.8 Å². The van der Waals surface area contributed by atoms with Crippen molar-refractivity contribution in [3.05, 3.63) is 70.6 Å². The van der Waals surface area contributed by atoms with E-state index >= 15 is 0 Å². The summed E-state index contributed by atoms with van der Waals surface area (Å²) in [7, 11) is 1.60. The average Bonchev–Trinajstić information content (AvgIpc) is 2.96. The minimum atomic E-state index is -0.262. The number of nitrogens with one attached hydrogen (secondary N) is 2. The van der Waals surface area contributed by atoms with E-state index in [9.17, 15) is 4.39 Å². The number of thiocarbonyl (C=S) groups is 1. The Kier molecular flexibility index (Phi) is 5.85. The van der Waals surface area contributed by atoms with E-state index in [1.165, 1.54) is 6.07 Å². The maximum Gasteiger partial charge on any atom is 0.176 e. The van der Waals surface area contributed by atoms with Crippen LogP contribution >= 0.6 is 28.1 Å². The van der Waals surface area contributed by atoms with Crippen molar-refractivity contribution in [2.75, 3.05) is 17.7 Å². The van der Waals surface area contributed by atoms with Crippen LogP contribution in [0.3, 0.4) is 0 Å². The number of halogens is 2. The Morgan fingerprint density at radius 1 is 1.19 bits per heavy atom. The molecule has 3 aromatic rings. The van der Waals surface area contributed by atoms with Gasteiger partial charge in [-0.25, -0.2) is 4.39 Å². The van der Waals surface area contributed by atoms with E-state index in [4.69, 9.17) is 17.0 Å². The van der Waals surface area contributed by atoms with E-state index in [0.717, 1.165) is 10.2 Å². The van der Waals surface area contributed by atoms with Gasteiger partial charge in [-0.1, -0.05) is 30.3 Å². The fourth-order valence-corrected chi connectivity index (χ4v) is 2.99. The van der Waals surface area contributed by atoms with Crippen LogP contribution in [0.25, 0.3) is 0 Å². The first-order valence-electron chi connectivity index (χ1n) is 7.74. The summed E-state index contributed by atoms with van der Waals surface area (Å²) in [5, 5.41) is 10.9. The first kappa shape index (κ1) is 18.3. The second-order valence-corrected chi connectivity index (χ2v) is 6.66. The summed E-state index contributed by atoms with van der Waals surface area (Å²) in [6, 6.07) is 14.1. The maximum atomic E-state index is 13.8. The second-order valence-electron chi connectivity index (χ2n) is 5.39. The van der Waals surface area contributed by atoms with Crippen LogP contribution in [0, 0.1) is 5.82 Å². The molecule has 0 fully saturated rings. The smallest absolute Gasteiger partial charge is 0.176 e. The summed E-state index contributed by atoms with van der Waals surface area (Å²) >= 11 is 8.78. The molecular weight excluding hydrogens is 419 g/mol. The van der Waals surface area contributed by atoms with Crippen molar-refractivity contribution in [3.63, 3.8) is 0 Å². The van der Waals surface area contributed by atoms with Crippen molar-refractivity contribution < 1.29 is 9.13 Å². The summed E-state index contributed by atoms with van der Waals surface area (Å²) in [6.45, 7) is 0.319. The summed E-state index contributed by atoms with van der Waals surface area (Å²) < 4.78 is 21.4. The molecule has 0 spiro atoms. The molecule has 0 aliphatic carbocycles. The minimum absolute atomic E-state index is 0.262. The molecule has 26 heavy (non-hydrogen) atoms. The SMILES string of the molecule is COc1ccccc1NC(=S)Nc1nn(Cc2ccccc2F)cc1Br. The summed E-state index contributed by atoms with van der Waals surface area (Å²) in [4.78, 5) is 0. The molecule has 1 heterocycles. The predicted octanol–water partition coefficient (Wildman–Crippen LogP) is 4.65. The van der Waals surface area contributed by atoms with Crippen LogP contribution in [0.5, 0.6) is 5.75 Å². The Hall–Kier alpha value is -2.45.